The number of nitrogens with two attached hydrogens (primary N) is 1. The van der Waals surface area contributed by atoms with Crippen molar-refractivity contribution in [1.82, 2.24) is 9.55 Å². The predicted molar refractivity (Wildman–Crippen MR) is 64.1 cm³/mol. The van der Waals surface area contributed by atoms with Gasteiger partial charge in [-0.3, -0.25) is 4.57 Å². The number of rotatable bonds is 2. The second kappa shape index (κ2) is 3.69. The highest BCUT2D eigenvalue weighted by Crippen LogP contribution is 2.32. The molecule has 0 atom stereocenters. The van der Waals surface area contributed by atoms with Crippen molar-refractivity contribution in [3.8, 4) is 23.0 Å². The van der Waals surface area contributed by atoms with E-state index in [1.165, 1.54) is 0 Å². The monoisotopic (exact) mass is 231 g/mol. The number of anilines is 1. The van der Waals surface area contributed by atoms with Crippen LogP contribution in [-0.2, 0) is 6.54 Å². The first-order valence-electron chi connectivity index (χ1n) is 5.43. The average Bonchev–Trinajstić information content (AvgIpc) is 2.93. The van der Waals surface area contributed by atoms with E-state index in [0.717, 1.165) is 23.6 Å². The Morgan fingerprint density at radius 2 is 2.12 bits per heavy atom. The Hall–Kier alpha value is -2.17. The summed E-state index contributed by atoms with van der Waals surface area (Å²) in [6.07, 6.45) is 0. The topological polar surface area (TPSA) is 62.3 Å². The lowest BCUT2D eigenvalue weighted by Gasteiger charge is -2.03. The number of ether oxygens (including phenoxy) is 2. The van der Waals surface area contributed by atoms with Crippen LogP contribution in [-0.4, -0.2) is 23.3 Å². The molecule has 1 aliphatic rings. The molecule has 0 unspecified atom stereocenters. The fourth-order valence-corrected chi connectivity index (χ4v) is 1.96. The minimum atomic E-state index is 0.605. The summed E-state index contributed by atoms with van der Waals surface area (Å²) < 4.78 is 12.4. The number of nitrogen functional groups attached to an aromatic ring is 1. The van der Waals surface area contributed by atoms with Crippen LogP contribution < -0.4 is 15.2 Å². The first-order valence-corrected chi connectivity index (χ1v) is 5.43. The summed E-state index contributed by atoms with van der Waals surface area (Å²) in [5.74, 6) is 1.47. The van der Waals surface area contributed by atoms with E-state index in [-0.39, 0.29) is 0 Å². The molecular formula is C12H13N3O2. The fourth-order valence-electron chi connectivity index (χ4n) is 1.96. The SMILES string of the molecule is COc1ccc(-c2nc3n(c2N)CCO3)cc1. The van der Waals surface area contributed by atoms with Gasteiger partial charge in [-0.05, 0) is 24.3 Å². The van der Waals surface area contributed by atoms with Gasteiger partial charge >= 0.3 is 0 Å². The number of methoxy groups -OCH3 is 1. The van der Waals surface area contributed by atoms with Crippen LogP contribution in [0.1, 0.15) is 0 Å². The van der Waals surface area contributed by atoms with Crippen LogP contribution in [0.5, 0.6) is 11.8 Å². The summed E-state index contributed by atoms with van der Waals surface area (Å²) in [6, 6.07) is 8.26. The molecule has 0 saturated heterocycles. The van der Waals surface area contributed by atoms with Gasteiger partial charge in [0.2, 0.25) is 0 Å². The van der Waals surface area contributed by atoms with Gasteiger partial charge in [0, 0.05) is 5.56 Å². The fraction of sp³-hybridized carbons (Fsp3) is 0.250. The number of hydrogen-bond acceptors (Lipinski definition) is 4. The molecule has 0 amide bonds. The van der Waals surface area contributed by atoms with Gasteiger partial charge in [-0.15, -0.1) is 0 Å². The van der Waals surface area contributed by atoms with Gasteiger partial charge in [0.25, 0.3) is 6.01 Å². The molecule has 0 radical (unpaired) electrons. The molecule has 88 valence electrons. The molecule has 1 aromatic carbocycles. The van der Waals surface area contributed by atoms with Gasteiger partial charge in [-0.1, -0.05) is 0 Å². The molecule has 2 N–H and O–H groups in total. The zero-order valence-electron chi connectivity index (χ0n) is 9.51. The molecule has 0 fully saturated rings. The normalized spacial score (nSPS) is 13.2. The van der Waals surface area contributed by atoms with Crippen molar-refractivity contribution in [3.05, 3.63) is 24.3 Å². The standard InChI is InChI=1S/C12H13N3O2/c1-16-9-4-2-8(3-5-9)10-11(13)15-6-7-17-12(15)14-10/h2-5H,6-7,13H2,1H3. The number of nitrogens with zero attached hydrogens (tertiary/aromatic N) is 2. The number of imidazole rings is 1. The lowest BCUT2D eigenvalue weighted by Crippen LogP contribution is -2.00. The van der Waals surface area contributed by atoms with E-state index in [9.17, 15) is 0 Å². The zero-order valence-corrected chi connectivity index (χ0v) is 9.51. The third kappa shape index (κ3) is 1.51. The minimum Gasteiger partial charge on any atom is -0.497 e. The maximum absolute atomic E-state index is 6.05. The summed E-state index contributed by atoms with van der Waals surface area (Å²) in [4.78, 5) is 4.39. The lowest BCUT2D eigenvalue weighted by atomic mass is 10.1. The second-order valence-corrected chi connectivity index (χ2v) is 3.86. The number of hydrogen-bond donors (Lipinski definition) is 1. The van der Waals surface area contributed by atoms with Crippen LogP contribution >= 0.6 is 0 Å². The van der Waals surface area contributed by atoms with Crippen LogP contribution in [0.3, 0.4) is 0 Å². The van der Waals surface area contributed by atoms with Gasteiger partial charge in [0.1, 0.15) is 23.9 Å². The van der Waals surface area contributed by atoms with Gasteiger partial charge in [-0.2, -0.15) is 4.98 Å². The van der Waals surface area contributed by atoms with Crippen molar-refractivity contribution in [3.63, 3.8) is 0 Å². The van der Waals surface area contributed by atoms with Crippen LogP contribution in [0.25, 0.3) is 11.3 Å². The maximum atomic E-state index is 6.05. The summed E-state index contributed by atoms with van der Waals surface area (Å²) in [7, 11) is 1.64. The Morgan fingerprint density at radius 3 is 2.76 bits per heavy atom. The Balaban J connectivity index is 2.03. The van der Waals surface area contributed by atoms with Crippen molar-refractivity contribution in [2.24, 2.45) is 0 Å². The number of aromatic nitrogens is 2. The Bertz CT molecular complexity index is 546. The van der Waals surface area contributed by atoms with E-state index >= 15 is 0 Å². The third-order valence-electron chi connectivity index (χ3n) is 2.88. The molecule has 0 aliphatic carbocycles. The van der Waals surface area contributed by atoms with Crippen molar-refractivity contribution < 1.29 is 9.47 Å². The smallest absolute Gasteiger partial charge is 0.298 e. The van der Waals surface area contributed by atoms with Gasteiger partial charge in [0.05, 0.1) is 13.7 Å². The molecule has 1 aliphatic heterocycles. The summed E-state index contributed by atoms with van der Waals surface area (Å²) >= 11 is 0. The Morgan fingerprint density at radius 1 is 1.35 bits per heavy atom. The van der Waals surface area contributed by atoms with Crippen molar-refractivity contribution in [2.45, 2.75) is 6.54 Å². The maximum Gasteiger partial charge on any atom is 0.298 e. The van der Waals surface area contributed by atoms with Gasteiger partial charge in [-0.25, -0.2) is 0 Å². The summed E-state index contributed by atoms with van der Waals surface area (Å²) in [5, 5.41) is 0. The highest BCUT2D eigenvalue weighted by molar-refractivity contribution is 5.72. The second-order valence-electron chi connectivity index (χ2n) is 3.86. The first kappa shape index (κ1) is 10.0. The predicted octanol–water partition coefficient (Wildman–Crippen LogP) is 1.53. The van der Waals surface area contributed by atoms with E-state index in [0.29, 0.717) is 18.4 Å². The van der Waals surface area contributed by atoms with Gasteiger partial charge < -0.3 is 15.2 Å². The van der Waals surface area contributed by atoms with Crippen LogP contribution in [0.4, 0.5) is 5.82 Å². The minimum absolute atomic E-state index is 0.605. The molecular weight excluding hydrogens is 218 g/mol. The van der Waals surface area contributed by atoms with E-state index in [4.69, 9.17) is 15.2 Å². The van der Waals surface area contributed by atoms with Crippen LogP contribution in [0, 0.1) is 0 Å². The molecule has 2 heterocycles. The Labute approximate surface area is 98.8 Å². The largest absolute Gasteiger partial charge is 0.497 e. The molecule has 3 rings (SSSR count). The third-order valence-corrected chi connectivity index (χ3v) is 2.88. The zero-order chi connectivity index (χ0) is 11.8. The number of fused-ring (bicyclic) bond motifs is 1. The van der Waals surface area contributed by atoms with E-state index in [2.05, 4.69) is 4.98 Å². The molecule has 5 heteroatoms. The Kier molecular flexibility index (Phi) is 2.18. The summed E-state index contributed by atoms with van der Waals surface area (Å²) in [5.41, 5.74) is 7.78. The van der Waals surface area contributed by atoms with Gasteiger partial charge in [0.15, 0.2) is 0 Å². The highest BCUT2D eigenvalue weighted by Gasteiger charge is 2.21. The van der Waals surface area contributed by atoms with E-state index < -0.39 is 0 Å². The molecule has 0 bridgehead atoms. The summed E-state index contributed by atoms with van der Waals surface area (Å²) in [6.45, 7) is 1.42. The first-order chi connectivity index (χ1) is 8.29. The molecule has 2 aromatic rings. The molecule has 0 saturated carbocycles. The average molecular weight is 231 g/mol. The molecule has 17 heavy (non-hydrogen) atoms. The van der Waals surface area contributed by atoms with E-state index in [1.807, 2.05) is 28.8 Å². The van der Waals surface area contributed by atoms with E-state index in [1.54, 1.807) is 7.11 Å². The molecule has 1 aromatic heterocycles. The number of benzene rings is 1. The van der Waals surface area contributed by atoms with Crippen LogP contribution in [0.2, 0.25) is 0 Å². The van der Waals surface area contributed by atoms with Crippen LogP contribution in [0.15, 0.2) is 24.3 Å². The van der Waals surface area contributed by atoms with Crippen molar-refractivity contribution in [2.75, 3.05) is 19.5 Å². The quantitative estimate of drug-likeness (QED) is 0.851. The lowest BCUT2D eigenvalue weighted by molar-refractivity contribution is 0.345. The highest BCUT2D eigenvalue weighted by atomic mass is 16.5. The van der Waals surface area contributed by atoms with Crippen molar-refractivity contribution >= 4 is 5.82 Å². The molecule has 5 nitrogen and oxygen atoms in total. The molecule has 0 spiro atoms. The van der Waals surface area contributed by atoms with Crippen molar-refractivity contribution in [1.29, 1.82) is 0 Å².